The molecule has 5 rings (SSSR count). The molecule has 39 heavy (non-hydrogen) atoms. The van der Waals surface area contributed by atoms with E-state index < -0.39 is 27.9 Å². The number of aryl methyl sites for hydroxylation is 1. The lowest BCUT2D eigenvalue weighted by atomic mass is 10.1. The number of carbonyl (C=O) groups excluding carboxylic acids is 3. The van der Waals surface area contributed by atoms with Gasteiger partial charge in [-0.1, -0.05) is 60.2 Å². The molecule has 198 valence electrons. The number of fused-ring (bicyclic) bond motifs is 1. The monoisotopic (exact) mass is 541 g/mol. The van der Waals surface area contributed by atoms with Crippen LogP contribution in [-0.2, 0) is 31.0 Å². The van der Waals surface area contributed by atoms with Gasteiger partial charge in [0.2, 0.25) is 21.8 Å². The van der Waals surface area contributed by atoms with Gasteiger partial charge in [0.05, 0.1) is 17.0 Å². The van der Waals surface area contributed by atoms with Crippen molar-refractivity contribution < 1.29 is 22.8 Å². The number of hydrogen-bond donors (Lipinski definition) is 1. The van der Waals surface area contributed by atoms with E-state index in [9.17, 15) is 22.8 Å². The zero-order chi connectivity index (χ0) is 27.7. The fourth-order valence-corrected chi connectivity index (χ4v) is 6.31. The zero-order valence-electron chi connectivity index (χ0n) is 21.5. The van der Waals surface area contributed by atoms with Crippen molar-refractivity contribution in [3.8, 4) is 0 Å². The minimum absolute atomic E-state index is 0.0478. The van der Waals surface area contributed by atoms with Gasteiger partial charge in [0, 0.05) is 19.2 Å². The van der Waals surface area contributed by atoms with Crippen LogP contribution >= 0.6 is 0 Å². The molecule has 9 heteroatoms. The molecule has 0 saturated carbocycles. The number of carbonyl (C=O) groups is 3. The molecule has 1 heterocycles. The van der Waals surface area contributed by atoms with E-state index in [0.717, 1.165) is 25.5 Å². The Hall–Kier alpha value is -4.34. The van der Waals surface area contributed by atoms with Gasteiger partial charge in [-0.25, -0.2) is 13.3 Å². The summed E-state index contributed by atoms with van der Waals surface area (Å²) in [6, 6.07) is 24.7. The van der Waals surface area contributed by atoms with Crippen LogP contribution < -0.4 is 10.2 Å². The van der Waals surface area contributed by atoms with Crippen LogP contribution in [0.2, 0.25) is 0 Å². The molecule has 0 radical (unpaired) electrons. The van der Waals surface area contributed by atoms with Gasteiger partial charge in [0.15, 0.2) is 0 Å². The number of sulfonamides is 1. The number of hydrogen-bond acceptors (Lipinski definition) is 5. The first kappa shape index (κ1) is 26.3. The van der Waals surface area contributed by atoms with Crippen LogP contribution in [0.3, 0.4) is 0 Å². The maximum Gasteiger partial charge on any atom is 0.252 e. The van der Waals surface area contributed by atoms with Crippen LogP contribution in [0, 0.1) is 6.92 Å². The predicted molar refractivity (Wildman–Crippen MR) is 149 cm³/mol. The number of nitrogens with zero attached hydrogens (tertiary/aromatic N) is 2. The number of benzene rings is 4. The lowest BCUT2D eigenvalue weighted by Gasteiger charge is -2.27. The Labute approximate surface area is 226 Å². The predicted octanol–water partition coefficient (Wildman–Crippen LogP) is 4.63. The second kappa shape index (κ2) is 10.4. The lowest BCUT2D eigenvalue weighted by molar-refractivity contribution is -0.122. The van der Waals surface area contributed by atoms with Crippen molar-refractivity contribution in [1.29, 1.82) is 0 Å². The summed E-state index contributed by atoms with van der Waals surface area (Å²) in [7, 11) is -4.18. The number of anilines is 2. The first-order valence-electron chi connectivity index (χ1n) is 12.4. The van der Waals surface area contributed by atoms with E-state index >= 15 is 0 Å². The summed E-state index contributed by atoms with van der Waals surface area (Å²) in [5, 5.41) is 4.28. The molecule has 8 nitrogen and oxygen atoms in total. The van der Waals surface area contributed by atoms with Gasteiger partial charge in [-0.3, -0.25) is 14.4 Å². The van der Waals surface area contributed by atoms with Gasteiger partial charge in [-0.15, -0.1) is 0 Å². The molecule has 1 saturated heterocycles. The summed E-state index contributed by atoms with van der Waals surface area (Å²) in [5.74, 6) is -1.37. The Morgan fingerprint density at radius 1 is 0.923 bits per heavy atom. The molecule has 0 bridgehead atoms. The van der Waals surface area contributed by atoms with Crippen LogP contribution in [0.1, 0.15) is 24.5 Å². The Balaban J connectivity index is 1.53. The summed E-state index contributed by atoms with van der Waals surface area (Å²) >= 11 is 0. The van der Waals surface area contributed by atoms with Gasteiger partial charge in [0.25, 0.3) is 5.91 Å². The molecule has 1 fully saturated rings. The Kier molecular flexibility index (Phi) is 7.03. The maximum absolute atomic E-state index is 14.1. The molecule has 1 aliphatic heterocycles. The molecule has 4 aromatic rings. The highest BCUT2D eigenvalue weighted by atomic mass is 32.2. The number of nitrogens with one attached hydrogen (secondary N) is 1. The average molecular weight is 542 g/mol. The highest BCUT2D eigenvalue weighted by Gasteiger charge is 2.47. The minimum atomic E-state index is -4.18. The summed E-state index contributed by atoms with van der Waals surface area (Å²) in [6.45, 7) is 3.24. The zero-order valence-corrected chi connectivity index (χ0v) is 22.3. The molecule has 0 spiro atoms. The largest absolute Gasteiger partial charge is 0.326 e. The van der Waals surface area contributed by atoms with Gasteiger partial charge in [-0.05, 0) is 59.7 Å². The van der Waals surface area contributed by atoms with Crippen LogP contribution in [0.25, 0.3) is 10.8 Å². The van der Waals surface area contributed by atoms with Crippen molar-refractivity contribution in [2.24, 2.45) is 0 Å². The Morgan fingerprint density at radius 2 is 1.59 bits per heavy atom. The van der Waals surface area contributed by atoms with Crippen molar-refractivity contribution in [1.82, 2.24) is 4.31 Å². The van der Waals surface area contributed by atoms with Crippen LogP contribution in [0.5, 0.6) is 0 Å². The van der Waals surface area contributed by atoms with E-state index in [-0.39, 0.29) is 23.8 Å². The molecule has 1 aliphatic rings. The topological polar surface area (TPSA) is 104 Å². The van der Waals surface area contributed by atoms with Gasteiger partial charge < -0.3 is 5.32 Å². The average Bonchev–Trinajstić information content (AvgIpc) is 3.21. The smallest absolute Gasteiger partial charge is 0.252 e. The fourth-order valence-electron chi connectivity index (χ4n) is 4.71. The quantitative estimate of drug-likeness (QED) is 0.344. The van der Waals surface area contributed by atoms with Crippen LogP contribution in [0.4, 0.5) is 11.4 Å². The highest BCUT2D eigenvalue weighted by Crippen LogP contribution is 2.32. The minimum Gasteiger partial charge on any atom is -0.326 e. The number of rotatable bonds is 7. The molecule has 0 aliphatic carbocycles. The molecular weight excluding hydrogens is 514 g/mol. The second-order valence-corrected chi connectivity index (χ2v) is 11.5. The molecule has 3 amide bonds. The maximum atomic E-state index is 14.1. The summed E-state index contributed by atoms with van der Waals surface area (Å²) in [6.07, 6.45) is -0.287. The third-order valence-electron chi connectivity index (χ3n) is 6.70. The SMILES string of the molecule is CC(=O)Nc1ccc(N2C(=O)CC(N(Cc3ccc(C)cc3)S(=O)(=O)c3ccc4ccccc4c3)C2=O)cc1. The summed E-state index contributed by atoms with van der Waals surface area (Å²) < 4.78 is 29.3. The first-order valence-corrected chi connectivity index (χ1v) is 13.9. The van der Waals surface area contributed by atoms with Gasteiger partial charge in [0.1, 0.15) is 6.04 Å². The van der Waals surface area contributed by atoms with Crippen molar-refractivity contribution in [3.63, 3.8) is 0 Å². The van der Waals surface area contributed by atoms with E-state index in [0.29, 0.717) is 16.9 Å². The van der Waals surface area contributed by atoms with Crippen LogP contribution in [0.15, 0.2) is 95.9 Å². The van der Waals surface area contributed by atoms with Crippen LogP contribution in [-0.4, -0.2) is 36.5 Å². The van der Waals surface area contributed by atoms with Crippen molar-refractivity contribution in [2.45, 2.75) is 37.8 Å². The molecular formula is C30H27N3O5S. The van der Waals surface area contributed by atoms with E-state index in [2.05, 4.69) is 5.32 Å². The van der Waals surface area contributed by atoms with E-state index in [1.54, 1.807) is 36.4 Å². The molecule has 4 aromatic carbocycles. The molecule has 1 unspecified atom stereocenters. The highest BCUT2D eigenvalue weighted by molar-refractivity contribution is 7.89. The summed E-state index contributed by atoms with van der Waals surface area (Å²) in [5.41, 5.74) is 2.54. The van der Waals surface area contributed by atoms with Crippen molar-refractivity contribution in [2.75, 3.05) is 10.2 Å². The van der Waals surface area contributed by atoms with Crippen molar-refractivity contribution in [3.05, 3.63) is 102 Å². The van der Waals surface area contributed by atoms with Gasteiger partial charge in [-0.2, -0.15) is 4.31 Å². The van der Waals surface area contributed by atoms with E-state index in [1.165, 1.54) is 13.0 Å². The summed E-state index contributed by atoms with van der Waals surface area (Å²) in [4.78, 5) is 39.2. The Bertz CT molecular complexity index is 1680. The van der Waals surface area contributed by atoms with E-state index in [1.807, 2.05) is 55.5 Å². The number of amides is 3. The van der Waals surface area contributed by atoms with Gasteiger partial charge >= 0.3 is 0 Å². The fraction of sp³-hybridized carbons (Fsp3) is 0.167. The number of imide groups is 1. The molecule has 1 atom stereocenters. The Morgan fingerprint density at radius 3 is 2.26 bits per heavy atom. The first-order chi connectivity index (χ1) is 18.6. The normalized spacial score (nSPS) is 15.8. The van der Waals surface area contributed by atoms with E-state index in [4.69, 9.17) is 0 Å². The van der Waals surface area contributed by atoms with Crippen molar-refractivity contribution >= 4 is 49.9 Å². The molecule has 0 aromatic heterocycles. The molecule has 1 N–H and O–H groups in total. The standard InChI is InChI=1S/C30H27N3O5S/c1-20-7-9-22(10-8-20)19-32(39(37,38)27-16-11-23-5-3-4-6-24(23)17-27)28-18-29(35)33(30(28)36)26-14-12-25(13-15-26)31-21(2)34/h3-17,28H,18-19H2,1-2H3,(H,31,34). The third-order valence-corrected chi connectivity index (χ3v) is 8.55. The lowest BCUT2D eigenvalue weighted by Crippen LogP contribution is -2.45. The second-order valence-electron chi connectivity index (χ2n) is 9.56. The third kappa shape index (κ3) is 5.32.